The number of piperazine rings is 1. The molecule has 1 aromatic heterocycles. The average molecular weight is 474 g/mol. The fourth-order valence-corrected chi connectivity index (χ4v) is 5.55. The molecule has 2 saturated heterocycles. The Kier molecular flexibility index (Phi) is 6.63. The number of Topliss-reactive ketones (excluding diaryl/α,β-unsaturated/α-hetero) is 1. The number of ketones is 1. The number of sulfonamides is 1. The van der Waals surface area contributed by atoms with E-state index < -0.39 is 15.9 Å². The molecule has 2 aromatic rings. The molecule has 0 unspecified atom stereocenters. The SMILES string of the molecule is NC(=O)c1ccc(S(=O)(=O)N2CCN(CC(=O)c3c[nH]c(C(=O)N4CCCC4)c3)CC2)cc1. The molecule has 2 aliphatic rings. The number of primary amides is 1. The number of nitrogens with zero attached hydrogens (tertiary/aromatic N) is 3. The summed E-state index contributed by atoms with van der Waals surface area (Å²) >= 11 is 0. The molecule has 4 rings (SSSR count). The second-order valence-corrected chi connectivity index (χ2v) is 10.2. The Morgan fingerprint density at radius 2 is 1.55 bits per heavy atom. The smallest absolute Gasteiger partial charge is 0.270 e. The molecule has 11 heteroatoms. The minimum atomic E-state index is -3.70. The van der Waals surface area contributed by atoms with Crippen molar-refractivity contribution in [3.05, 3.63) is 53.3 Å². The molecular formula is C22H27N5O5S. The largest absolute Gasteiger partial charge is 0.366 e. The number of hydrogen-bond donors (Lipinski definition) is 2. The maximum absolute atomic E-state index is 12.9. The minimum Gasteiger partial charge on any atom is -0.366 e. The van der Waals surface area contributed by atoms with E-state index in [1.165, 1.54) is 28.6 Å². The van der Waals surface area contributed by atoms with Gasteiger partial charge in [0.05, 0.1) is 11.4 Å². The summed E-state index contributed by atoms with van der Waals surface area (Å²) in [6.45, 7) is 2.95. The summed E-state index contributed by atoms with van der Waals surface area (Å²) in [6.07, 6.45) is 3.55. The van der Waals surface area contributed by atoms with Crippen molar-refractivity contribution < 1.29 is 22.8 Å². The van der Waals surface area contributed by atoms with Crippen LogP contribution in [-0.2, 0) is 10.0 Å². The van der Waals surface area contributed by atoms with E-state index in [4.69, 9.17) is 5.73 Å². The maximum atomic E-state index is 12.9. The van der Waals surface area contributed by atoms with Crippen LogP contribution in [0.15, 0.2) is 41.4 Å². The summed E-state index contributed by atoms with van der Waals surface area (Å²) in [5.41, 5.74) is 6.31. The van der Waals surface area contributed by atoms with Gasteiger partial charge in [0.15, 0.2) is 5.78 Å². The normalized spacial score (nSPS) is 17.9. The van der Waals surface area contributed by atoms with Crippen molar-refractivity contribution in [2.45, 2.75) is 17.7 Å². The summed E-state index contributed by atoms with van der Waals surface area (Å²) in [5, 5.41) is 0. The highest BCUT2D eigenvalue weighted by molar-refractivity contribution is 7.89. The molecule has 0 aliphatic carbocycles. The lowest BCUT2D eigenvalue weighted by Crippen LogP contribution is -2.49. The topological polar surface area (TPSA) is 137 Å². The lowest BCUT2D eigenvalue weighted by Gasteiger charge is -2.33. The number of carbonyl (C=O) groups is 3. The van der Waals surface area contributed by atoms with Crippen molar-refractivity contribution >= 4 is 27.6 Å². The zero-order chi connectivity index (χ0) is 23.6. The van der Waals surface area contributed by atoms with Gasteiger partial charge in [-0.15, -0.1) is 0 Å². The molecule has 176 valence electrons. The number of amides is 2. The first-order chi connectivity index (χ1) is 15.8. The second-order valence-electron chi connectivity index (χ2n) is 8.29. The Hall–Kier alpha value is -3.02. The summed E-state index contributed by atoms with van der Waals surface area (Å²) in [5.74, 6) is -0.827. The fraction of sp³-hybridized carbons (Fsp3) is 0.409. The lowest BCUT2D eigenvalue weighted by atomic mass is 10.2. The van der Waals surface area contributed by atoms with Crippen molar-refractivity contribution in [2.24, 2.45) is 5.73 Å². The minimum absolute atomic E-state index is 0.0887. The Bertz CT molecular complexity index is 1140. The first-order valence-corrected chi connectivity index (χ1v) is 12.3. The first-order valence-electron chi connectivity index (χ1n) is 10.9. The van der Waals surface area contributed by atoms with Gasteiger partial charge in [0, 0.05) is 56.6 Å². The van der Waals surface area contributed by atoms with Crippen LogP contribution in [0.4, 0.5) is 0 Å². The highest BCUT2D eigenvalue weighted by Gasteiger charge is 2.29. The fourth-order valence-electron chi connectivity index (χ4n) is 4.13. The second kappa shape index (κ2) is 9.46. The molecule has 3 N–H and O–H groups in total. The van der Waals surface area contributed by atoms with E-state index in [-0.39, 0.29) is 41.8 Å². The van der Waals surface area contributed by atoms with E-state index >= 15 is 0 Å². The monoisotopic (exact) mass is 473 g/mol. The molecule has 2 amide bonds. The van der Waals surface area contributed by atoms with Gasteiger partial charge in [-0.25, -0.2) is 8.42 Å². The third kappa shape index (κ3) is 5.00. The summed E-state index contributed by atoms with van der Waals surface area (Å²) in [7, 11) is -3.70. The molecule has 0 radical (unpaired) electrons. The maximum Gasteiger partial charge on any atom is 0.270 e. The quantitative estimate of drug-likeness (QED) is 0.563. The molecule has 2 aliphatic heterocycles. The van der Waals surface area contributed by atoms with E-state index in [2.05, 4.69) is 4.98 Å². The molecular weight excluding hydrogens is 446 g/mol. The number of nitrogens with one attached hydrogen (secondary N) is 1. The molecule has 0 saturated carbocycles. The van der Waals surface area contributed by atoms with Gasteiger partial charge in [-0.3, -0.25) is 19.3 Å². The Morgan fingerprint density at radius 1 is 0.909 bits per heavy atom. The molecule has 3 heterocycles. The summed E-state index contributed by atoms with van der Waals surface area (Å²) < 4.78 is 27.1. The number of hydrogen-bond acceptors (Lipinski definition) is 6. The zero-order valence-electron chi connectivity index (χ0n) is 18.2. The highest BCUT2D eigenvalue weighted by Crippen LogP contribution is 2.19. The van der Waals surface area contributed by atoms with Gasteiger partial charge in [0.2, 0.25) is 15.9 Å². The predicted molar refractivity (Wildman–Crippen MR) is 120 cm³/mol. The number of rotatable bonds is 7. The molecule has 0 bridgehead atoms. The van der Waals surface area contributed by atoms with Crippen LogP contribution >= 0.6 is 0 Å². The Morgan fingerprint density at radius 3 is 2.15 bits per heavy atom. The average Bonchev–Trinajstić information content (AvgIpc) is 3.52. The Balaban J connectivity index is 1.32. The van der Waals surface area contributed by atoms with Crippen molar-refractivity contribution in [3.8, 4) is 0 Å². The van der Waals surface area contributed by atoms with Crippen LogP contribution in [0.2, 0.25) is 0 Å². The van der Waals surface area contributed by atoms with Gasteiger partial charge in [-0.05, 0) is 43.2 Å². The van der Waals surface area contributed by atoms with Crippen LogP contribution in [0.1, 0.15) is 44.0 Å². The van der Waals surface area contributed by atoms with E-state index in [1.54, 1.807) is 17.2 Å². The number of carbonyl (C=O) groups excluding carboxylic acids is 3. The van der Waals surface area contributed by atoms with E-state index in [0.717, 1.165) is 25.9 Å². The molecule has 2 fully saturated rings. The van der Waals surface area contributed by atoms with Gasteiger partial charge >= 0.3 is 0 Å². The Labute approximate surface area is 192 Å². The van der Waals surface area contributed by atoms with Gasteiger partial charge < -0.3 is 15.6 Å². The van der Waals surface area contributed by atoms with Crippen molar-refractivity contribution in [3.63, 3.8) is 0 Å². The number of likely N-dealkylation sites (tertiary alicyclic amines) is 1. The van der Waals surface area contributed by atoms with E-state index in [9.17, 15) is 22.8 Å². The summed E-state index contributed by atoms with van der Waals surface area (Å²) in [4.78, 5) is 43.0. The van der Waals surface area contributed by atoms with Crippen LogP contribution in [0.3, 0.4) is 0 Å². The molecule has 0 atom stereocenters. The van der Waals surface area contributed by atoms with Crippen molar-refractivity contribution in [2.75, 3.05) is 45.8 Å². The lowest BCUT2D eigenvalue weighted by molar-refractivity contribution is 0.0787. The van der Waals surface area contributed by atoms with E-state index in [1.807, 2.05) is 4.90 Å². The van der Waals surface area contributed by atoms with E-state index in [0.29, 0.717) is 24.3 Å². The molecule has 0 spiro atoms. The number of nitrogens with two attached hydrogens (primary N) is 1. The van der Waals surface area contributed by atoms with Gasteiger partial charge in [-0.1, -0.05) is 0 Å². The zero-order valence-corrected chi connectivity index (χ0v) is 19.0. The van der Waals surface area contributed by atoms with Crippen LogP contribution in [0.25, 0.3) is 0 Å². The van der Waals surface area contributed by atoms with Crippen LogP contribution in [0.5, 0.6) is 0 Å². The third-order valence-corrected chi connectivity index (χ3v) is 8.02. The first kappa shape index (κ1) is 23.1. The number of benzene rings is 1. The van der Waals surface area contributed by atoms with Crippen LogP contribution < -0.4 is 5.73 Å². The van der Waals surface area contributed by atoms with Gasteiger partial charge in [0.25, 0.3) is 5.91 Å². The van der Waals surface area contributed by atoms with Gasteiger partial charge in [0.1, 0.15) is 5.69 Å². The number of aromatic amines is 1. The van der Waals surface area contributed by atoms with Crippen LogP contribution in [0, 0.1) is 0 Å². The number of aromatic nitrogens is 1. The molecule has 10 nitrogen and oxygen atoms in total. The third-order valence-electron chi connectivity index (χ3n) is 6.10. The predicted octanol–water partition coefficient (Wildman–Crippen LogP) is 0.539. The van der Waals surface area contributed by atoms with Gasteiger partial charge in [-0.2, -0.15) is 4.31 Å². The van der Waals surface area contributed by atoms with Crippen molar-refractivity contribution in [1.82, 2.24) is 19.1 Å². The van der Waals surface area contributed by atoms with Crippen LogP contribution in [-0.4, -0.2) is 90.9 Å². The summed E-state index contributed by atoms with van der Waals surface area (Å²) in [6, 6.07) is 7.13. The highest BCUT2D eigenvalue weighted by atomic mass is 32.2. The number of H-pyrrole nitrogens is 1. The standard InChI is InChI=1S/C22H27N5O5S/c23-21(29)16-3-5-18(6-4-16)33(31,32)27-11-9-25(10-12-27)15-20(28)17-13-19(24-14-17)22(30)26-7-1-2-8-26/h3-6,13-14,24H,1-2,7-12,15H2,(H2,23,29). The molecule has 1 aromatic carbocycles. The van der Waals surface area contributed by atoms with Crippen molar-refractivity contribution in [1.29, 1.82) is 0 Å². The molecule has 33 heavy (non-hydrogen) atoms.